The molecule has 4 rings (SSSR count). The molecule has 9 heteroatoms. The van der Waals surface area contributed by atoms with Gasteiger partial charge in [-0.15, -0.1) is 10.2 Å². The van der Waals surface area contributed by atoms with Gasteiger partial charge in [-0.25, -0.2) is 4.79 Å². The number of aryl methyl sites for hydroxylation is 2. The minimum absolute atomic E-state index is 0.201. The SMILES string of the molecule is CCOc1ccc(-n2c(CC3CC(=O)NC(=O)N3)nnc2SCc2cc(C)ccc2C)cc1. The Kier molecular flexibility index (Phi) is 6.98. The molecule has 1 aliphatic rings. The van der Waals surface area contributed by atoms with E-state index in [2.05, 4.69) is 52.9 Å². The van der Waals surface area contributed by atoms with E-state index in [4.69, 9.17) is 4.74 Å². The number of rotatable bonds is 8. The van der Waals surface area contributed by atoms with Gasteiger partial charge in [0.15, 0.2) is 5.16 Å². The van der Waals surface area contributed by atoms with Crippen molar-refractivity contribution in [2.75, 3.05) is 6.61 Å². The molecule has 2 aromatic carbocycles. The number of thioether (sulfide) groups is 1. The van der Waals surface area contributed by atoms with E-state index >= 15 is 0 Å². The van der Waals surface area contributed by atoms with Crippen LogP contribution in [0, 0.1) is 13.8 Å². The third-order valence-electron chi connectivity index (χ3n) is 5.42. The summed E-state index contributed by atoms with van der Waals surface area (Å²) < 4.78 is 7.57. The summed E-state index contributed by atoms with van der Waals surface area (Å²) in [5.74, 6) is 1.94. The van der Waals surface area contributed by atoms with Crippen LogP contribution in [0.2, 0.25) is 0 Å². The minimum atomic E-state index is -0.479. The van der Waals surface area contributed by atoms with Crippen molar-refractivity contribution in [2.24, 2.45) is 0 Å². The number of carbonyl (C=O) groups is 2. The molecule has 1 fully saturated rings. The van der Waals surface area contributed by atoms with Crippen LogP contribution in [0.5, 0.6) is 5.75 Å². The molecule has 1 aromatic heterocycles. The van der Waals surface area contributed by atoms with E-state index in [1.54, 1.807) is 11.8 Å². The summed E-state index contributed by atoms with van der Waals surface area (Å²) >= 11 is 1.61. The van der Waals surface area contributed by atoms with Gasteiger partial charge >= 0.3 is 6.03 Å². The van der Waals surface area contributed by atoms with Crippen LogP contribution in [0.1, 0.15) is 35.9 Å². The third-order valence-corrected chi connectivity index (χ3v) is 6.39. The molecule has 2 N–H and O–H groups in total. The molecule has 33 heavy (non-hydrogen) atoms. The second-order valence-electron chi connectivity index (χ2n) is 8.01. The van der Waals surface area contributed by atoms with E-state index in [0.29, 0.717) is 18.9 Å². The van der Waals surface area contributed by atoms with Gasteiger partial charge in [0.25, 0.3) is 0 Å². The van der Waals surface area contributed by atoms with Gasteiger partial charge < -0.3 is 10.1 Å². The number of aromatic nitrogens is 3. The van der Waals surface area contributed by atoms with Gasteiger partial charge in [0, 0.05) is 30.3 Å². The maximum atomic E-state index is 11.8. The molecule has 1 unspecified atom stereocenters. The van der Waals surface area contributed by atoms with Crippen LogP contribution in [0.3, 0.4) is 0 Å². The average Bonchev–Trinajstić information content (AvgIpc) is 3.16. The van der Waals surface area contributed by atoms with Crippen LogP contribution in [0.15, 0.2) is 47.6 Å². The highest BCUT2D eigenvalue weighted by atomic mass is 32.2. The van der Waals surface area contributed by atoms with Crippen molar-refractivity contribution in [3.05, 3.63) is 65.0 Å². The summed E-state index contributed by atoms with van der Waals surface area (Å²) in [6.07, 6.45) is 0.593. The van der Waals surface area contributed by atoms with E-state index < -0.39 is 6.03 Å². The molecule has 2 heterocycles. The molecule has 172 valence electrons. The predicted octanol–water partition coefficient (Wildman–Crippen LogP) is 3.72. The maximum absolute atomic E-state index is 11.8. The van der Waals surface area contributed by atoms with Crippen molar-refractivity contribution in [1.29, 1.82) is 0 Å². The normalized spacial score (nSPS) is 15.8. The fraction of sp³-hybridized carbons (Fsp3) is 0.333. The van der Waals surface area contributed by atoms with Crippen LogP contribution in [0.25, 0.3) is 5.69 Å². The molecule has 0 saturated carbocycles. The molecule has 0 spiro atoms. The van der Waals surface area contributed by atoms with E-state index in [1.807, 2.05) is 35.8 Å². The van der Waals surface area contributed by atoms with Crippen LogP contribution >= 0.6 is 11.8 Å². The molecule has 0 aliphatic carbocycles. The van der Waals surface area contributed by atoms with Crippen molar-refractivity contribution >= 4 is 23.7 Å². The fourth-order valence-electron chi connectivity index (χ4n) is 3.76. The number of ether oxygens (including phenoxy) is 1. The zero-order valence-electron chi connectivity index (χ0n) is 18.9. The number of urea groups is 1. The lowest BCUT2D eigenvalue weighted by atomic mass is 10.1. The second-order valence-corrected chi connectivity index (χ2v) is 8.95. The number of benzene rings is 2. The zero-order valence-corrected chi connectivity index (χ0v) is 19.7. The van der Waals surface area contributed by atoms with Crippen LogP contribution in [0.4, 0.5) is 4.79 Å². The zero-order chi connectivity index (χ0) is 23.4. The molecule has 8 nitrogen and oxygen atoms in total. The number of nitrogens with one attached hydrogen (secondary N) is 2. The first kappa shape index (κ1) is 22.8. The van der Waals surface area contributed by atoms with Gasteiger partial charge in [-0.2, -0.15) is 0 Å². The number of imide groups is 1. The predicted molar refractivity (Wildman–Crippen MR) is 127 cm³/mol. The van der Waals surface area contributed by atoms with E-state index in [1.165, 1.54) is 16.7 Å². The summed E-state index contributed by atoms with van der Waals surface area (Å²) in [5, 5.41) is 14.7. The molecule has 1 atom stereocenters. The Morgan fingerprint density at radius 3 is 2.64 bits per heavy atom. The first-order valence-corrected chi connectivity index (χ1v) is 11.9. The van der Waals surface area contributed by atoms with Gasteiger partial charge in [-0.1, -0.05) is 35.5 Å². The molecule has 3 amide bonds. The summed E-state index contributed by atoms with van der Waals surface area (Å²) in [6, 6.07) is 13.4. The highest BCUT2D eigenvalue weighted by Crippen LogP contribution is 2.28. The lowest BCUT2D eigenvalue weighted by Gasteiger charge is -2.23. The fourth-order valence-corrected chi connectivity index (χ4v) is 4.79. The number of hydrogen-bond donors (Lipinski definition) is 2. The Hall–Kier alpha value is -3.33. The molecule has 0 radical (unpaired) electrons. The van der Waals surface area contributed by atoms with Crippen LogP contribution < -0.4 is 15.4 Å². The molecular weight excluding hydrogens is 438 g/mol. The Labute approximate surface area is 197 Å². The lowest BCUT2D eigenvalue weighted by molar-refractivity contribution is -0.121. The van der Waals surface area contributed by atoms with Gasteiger partial charge in [0.05, 0.1) is 6.61 Å². The highest BCUT2D eigenvalue weighted by molar-refractivity contribution is 7.98. The van der Waals surface area contributed by atoms with Crippen molar-refractivity contribution in [3.8, 4) is 11.4 Å². The Morgan fingerprint density at radius 1 is 1.12 bits per heavy atom. The maximum Gasteiger partial charge on any atom is 0.321 e. The van der Waals surface area contributed by atoms with Crippen LogP contribution in [-0.2, 0) is 17.0 Å². The van der Waals surface area contributed by atoms with Gasteiger partial charge in [-0.05, 0) is 56.2 Å². The number of hydrogen-bond acceptors (Lipinski definition) is 6. The van der Waals surface area contributed by atoms with Crippen molar-refractivity contribution < 1.29 is 14.3 Å². The second kappa shape index (κ2) is 10.1. The molecule has 0 bridgehead atoms. The monoisotopic (exact) mass is 465 g/mol. The van der Waals surface area contributed by atoms with E-state index in [-0.39, 0.29) is 18.4 Å². The van der Waals surface area contributed by atoms with E-state index in [0.717, 1.165) is 22.3 Å². The number of amides is 3. The van der Waals surface area contributed by atoms with Crippen molar-refractivity contribution in [1.82, 2.24) is 25.4 Å². The third kappa shape index (κ3) is 5.54. The quantitative estimate of drug-likeness (QED) is 0.492. The lowest BCUT2D eigenvalue weighted by Crippen LogP contribution is -2.53. The van der Waals surface area contributed by atoms with Crippen molar-refractivity contribution in [3.63, 3.8) is 0 Å². The van der Waals surface area contributed by atoms with Gasteiger partial charge in [-0.3, -0.25) is 14.7 Å². The smallest absolute Gasteiger partial charge is 0.321 e. The standard InChI is InChI=1S/C24H27N5O3S/c1-4-32-20-9-7-19(8-10-20)29-21(12-18-13-22(30)26-23(31)25-18)27-28-24(29)33-14-17-11-15(2)5-6-16(17)3/h5-11,18H,4,12-14H2,1-3H3,(H2,25,26,30,31). The Balaban J connectivity index is 1.63. The Bertz CT molecular complexity index is 1140. The molecule has 1 aliphatic heterocycles. The molecular formula is C24H27N5O3S. The summed E-state index contributed by atoms with van der Waals surface area (Å²) in [4.78, 5) is 23.6. The first-order valence-electron chi connectivity index (χ1n) is 10.9. The topological polar surface area (TPSA) is 98.1 Å². The highest BCUT2D eigenvalue weighted by Gasteiger charge is 2.26. The Morgan fingerprint density at radius 2 is 1.91 bits per heavy atom. The first-order chi connectivity index (χ1) is 15.9. The number of carbonyl (C=O) groups excluding carboxylic acids is 2. The summed E-state index contributed by atoms with van der Waals surface area (Å²) in [5.41, 5.74) is 4.60. The summed E-state index contributed by atoms with van der Waals surface area (Å²) in [6.45, 7) is 6.73. The molecule has 1 saturated heterocycles. The number of nitrogens with zero attached hydrogens (tertiary/aromatic N) is 3. The largest absolute Gasteiger partial charge is 0.494 e. The minimum Gasteiger partial charge on any atom is -0.494 e. The van der Waals surface area contributed by atoms with Crippen LogP contribution in [-0.4, -0.2) is 39.4 Å². The average molecular weight is 466 g/mol. The van der Waals surface area contributed by atoms with Crippen molar-refractivity contribution in [2.45, 2.75) is 50.6 Å². The van der Waals surface area contributed by atoms with E-state index in [9.17, 15) is 9.59 Å². The van der Waals surface area contributed by atoms with Gasteiger partial charge in [0.2, 0.25) is 5.91 Å². The van der Waals surface area contributed by atoms with Gasteiger partial charge in [0.1, 0.15) is 11.6 Å². The molecule has 3 aromatic rings. The summed E-state index contributed by atoms with van der Waals surface area (Å²) in [7, 11) is 0.